The van der Waals surface area contributed by atoms with Crippen molar-refractivity contribution in [3.8, 4) is 0 Å². The molecule has 156 valence electrons. The first-order chi connectivity index (χ1) is 14.1. The van der Waals surface area contributed by atoms with Gasteiger partial charge < -0.3 is 15.2 Å². The third-order valence-electron chi connectivity index (χ3n) is 6.29. The number of nitrogens with zero attached hydrogens (tertiary/aromatic N) is 5. The minimum atomic E-state index is -0.106. The molecule has 1 aromatic heterocycles. The van der Waals surface area contributed by atoms with Gasteiger partial charge in [-0.25, -0.2) is 0 Å². The second kappa shape index (κ2) is 8.34. The number of carbonyl (C=O) groups excluding carboxylic acids is 2. The Morgan fingerprint density at radius 1 is 1.14 bits per heavy atom. The van der Waals surface area contributed by atoms with Crippen molar-refractivity contribution in [3.63, 3.8) is 0 Å². The number of hydrogen-bond acceptors (Lipinski definition) is 5. The predicted octanol–water partition coefficient (Wildman–Crippen LogP) is 0.203. The van der Waals surface area contributed by atoms with Crippen molar-refractivity contribution in [2.24, 2.45) is 28.7 Å². The zero-order valence-corrected chi connectivity index (χ0v) is 17.0. The molecule has 1 saturated carbocycles. The maximum Gasteiger partial charge on any atom is 0.233 e. The average Bonchev–Trinajstić information content (AvgIpc) is 3.49. The number of imide groups is 1. The van der Waals surface area contributed by atoms with Crippen molar-refractivity contribution >= 4 is 17.8 Å². The van der Waals surface area contributed by atoms with Crippen molar-refractivity contribution < 1.29 is 9.59 Å². The maximum absolute atomic E-state index is 12.7. The van der Waals surface area contributed by atoms with Gasteiger partial charge in [0.25, 0.3) is 0 Å². The first-order valence-corrected chi connectivity index (χ1v) is 10.5. The van der Waals surface area contributed by atoms with Crippen LogP contribution in [0.5, 0.6) is 0 Å². The molecule has 9 nitrogen and oxygen atoms in total. The lowest BCUT2D eigenvalue weighted by Gasteiger charge is -2.18. The molecule has 2 fully saturated rings. The maximum atomic E-state index is 12.7. The highest BCUT2D eigenvalue weighted by atomic mass is 16.2. The summed E-state index contributed by atoms with van der Waals surface area (Å²) >= 11 is 0. The summed E-state index contributed by atoms with van der Waals surface area (Å²) in [6, 6.07) is 0. The second-order valence-corrected chi connectivity index (χ2v) is 7.90. The molecule has 29 heavy (non-hydrogen) atoms. The summed E-state index contributed by atoms with van der Waals surface area (Å²) in [5.74, 6) is 2.05. The number of rotatable bonds is 8. The van der Waals surface area contributed by atoms with E-state index in [0.717, 1.165) is 25.2 Å². The van der Waals surface area contributed by atoms with Gasteiger partial charge in [0.15, 0.2) is 5.96 Å². The third kappa shape index (κ3) is 3.65. The van der Waals surface area contributed by atoms with Gasteiger partial charge in [0, 0.05) is 39.6 Å². The molecular weight excluding hydrogens is 370 g/mol. The number of aliphatic imine (C=N–C) groups is 1. The van der Waals surface area contributed by atoms with E-state index in [4.69, 9.17) is 0 Å². The van der Waals surface area contributed by atoms with Gasteiger partial charge in [0.2, 0.25) is 11.8 Å². The smallest absolute Gasteiger partial charge is 0.233 e. The Balaban J connectivity index is 1.18. The molecule has 1 saturated heterocycles. The Morgan fingerprint density at radius 3 is 2.48 bits per heavy atom. The SMILES string of the molecule is CCc1nncn1CCNC(=NC)NCCCN1C(=O)C2C3C=CC(C3)C2C1=O. The molecule has 2 heterocycles. The van der Waals surface area contributed by atoms with E-state index in [1.807, 2.05) is 4.57 Å². The van der Waals surface area contributed by atoms with Gasteiger partial charge >= 0.3 is 0 Å². The van der Waals surface area contributed by atoms with Crippen LogP contribution in [-0.4, -0.2) is 64.1 Å². The van der Waals surface area contributed by atoms with Crippen molar-refractivity contribution in [1.29, 1.82) is 0 Å². The van der Waals surface area contributed by atoms with Crippen LogP contribution in [0.1, 0.15) is 25.6 Å². The van der Waals surface area contributed by atoms with E-state index < -0.39 is 0 Å². The molecule has 3 aliphatic rings. The number of carbonyl (C=O) groups is 2. The molecule has 0 aromatic carbocycles. The standard InChI is InChI=1S/C20H29N7O2/c1-3-15-25-24-12-26(15)10-8-23-20(21-2)22-7-4-9-27-18(28)16-13-5-6-14(11-13)17(16)19(27)29/h5-6,12-14,16-17H,3-4,7-11H2,1-2H3,(H2,21,22,23). The molecule has 2 aliphatic carbocycles. The van der Waals surface area contributed by atoms with E-state index in [9.17, 15) is 9.59 Å². The van der Waals surface area contributed by atoms with Gasteiger partial charge in [0.1, 0.15) is 12.2 Å². The van der Waals surface area contributed by atoms with Crippen LogP contribution in [0.15, 0.2) is 23.5 Å². The monoisotopic (exact) mass is 399 g/mol. The molecular formula is C20H29N7O2. The first-order valence-electron chi connectivity index (χ1n) is 10.5. The van der Waals surface area contributed by atoms with E-state index >= 15 is 0 Å². The molecule has 1 aliphatic heterocycles. The van der Waals surface area contributed by atoms with Crippen molar-refractivity contribution in [3.05, 3.63) is 24.3 Å². The Hall–Kier alpha value is -2.71. The molecule has 4 atom stereocenters. The van der Waals surface area contributed by atoms with Gasteiger partial charge in [-0.2, -0.15) is 0 Å². The first kappa shape index (κ1) is 19.6. The highest BCUT2D eigenvalue weighted by Crippen LogP contribution is 2.52. The minimum absolute atomic E-state index is 0.0278. The Kier molecular flexibility index (Phi) is 5.64. The van der Waals surface area contributed by atoms with E-state index in [1.54, 1.807) is 13.4 Å². The van der Waals surface area contributed by atoms with Gasteiger partial charge in [-0.3, -0.25) is 19.5 Å². The van der Waals surface area contributed by atoms with Crippen LogP contribution in [0.2, 0.25) is 0 Å². The largest absolute Gasteiger partial charge is 0.356 e. The zero-order valence-electron chi connectivity index (χ0n) is 17.0. The second-order valence-electron chi connectivity index (χ2n) is 7.90. The van der Waals surface area contributed by atoms with Crippen LogP contribution in [0.4, 0.5) is 0 Å². The summed E-state index contributed by atoms with van der Waals surface area (Å²) < 4.78 is 2.02. The molecule has 2 bridgehead atoms. The van der Waals surface area contributed by atoms with Crippen LogP contribution < -0.4 is 10.6 Å². The van der Waals surface area contributed by atoms with Gasteiger partial charge in [-0.05, 0) is 24.7 Å². The van der Waals surface area contributed by atoms with E-state index in [-0.39, 0.29) is 35.5 Å². The number of fused-ring (bicyclic) bond motifs is 5. The van der Waals surface area contributed by atoms with Crippen molar-refractivity contribution in [2.75, 3.05) is 26.7 Å². The molecule has 2 N–H and O–H groups in total. The average molecular weight is 399 g/mol. The third-order valence-corrected chi connectivity index (χ3v) is 6.29. The fourth-order valence-electron chi connectivity index (χ4n) is 4.88. The molecule has 2 amide bonds. The summed E-state index contributed by atoms with van der Waals surface area (Å²) in [5, 5.41) is 14.5. The number of aromatic nitrogens is 3. The number of likely N-dealkylation sites (tertiary alicyclic amines) is 1. The molecule has 9 heteroatoms. The summed E-state index contributed by atoms with van der Waals surface area (Å²) in [6.07, 6.45) is 8.50. The highest BCUT2D eigenvalue weighted by Gasteiger charge is 2.58. The zero-order chi connectivity index (χ0) is 20.4. The van der Waals surface area contributed by atoms with E-state index in [2.05, 4.69) is 44.9 Å². The summed E-state index contributed by atoms with van der Waals surface area (Å²) in [5.41, 5.74) is 0. The fraction of sp³-hybridized carbons (Fsp3) is 0.650. The van der Waals surface area contributed by atoms with Gasteiger partial charge in [0.05, 0.1) is 11.8 Å². The predicted molar refractivity (Wildman–Crippen MR) is 108 cm³/mol. The number of hydrogen-bond donors (Lipinski definition) is 2. The van der Waals surface area contributed by atoms with Crippen LogP contribution in [0, 0.1) is 23.7 Å². The Morgan fingerprint density at radius 2 is 1.83 bits per heavy atom. The Bertz CT molecular complexity index is 801. The topological polar surface area (TPSA) is 105 Å². The van der Waals surface area contributed by atoms with E-state index in [0.29, 0.717) is 32.0 Å². The lowest BCUT2D eigenvalue weighted by Crippen LogP contribution is -2.41. The number of aryl methyl sites for hydroxylation is 1. The highest BCUT2D eigenvalue weighted by molar-refractivity contribution is 6.06. The normalized spacial score (nSPS) is 27.8. The van der Waals surface area contributed by atoms with Crippen LogP contribution in [0.3, 0.4) is 0 Å². The summed E-state index contributed by atoms with van der Waals surface area (Å²) in [4.78, 5) is 31.1. The number of amides is 2. The van der Waals surface area contributed by atoms with Crippen LogP contribution in [0.25, 0.3) is 0 Å². The number of guanidine groups is 1. The van der Waals surface area contributed by atoms with E-state index in [1.165, 1.54) is 4.90 Å². The van der Waals surface area contributed by atoms with Crippen LogP contribution in [-0.2, 0) is 22.6 Å². The molecule has 0 radical (unpaired) electrons. The lowest BCUT2D eigenvalue weighted by molar-refractivity contribution is -0.140. The quantitative estimate of drug-likeness (QED) is 0.213. The van der Waals surface area contributed by atoms with Crippen molar-refractivity contribution in [2.45, 2.75) is 32.7 Å². The van der Waals surface area contributed by atoms with Crippen molar-refractivity contribution in [1.82, 2.24) is 30.3 Å². The summed E-state index contributed by atoms with van der Waals surface area (Å²) in [7, 11) is 1.73. The Labute approximate surface area is 170 Å². The number of nitrogens with one attached hydrogen (secondary N) is 2. The summed E-state index contributed by atoms with van der Waals surface area (Å²) in [6.45, 7) is 4.62. The molecule has 0 spiro atoms. The molecule has 1 aromatic rings. The molecule has 4 rings (SSSR count). The fourth-order valence-corrected chi connectivity index (χ4v) is 4.88. The molecule has 4 unspecified atom stereocenters. The number of allylic oxidation sites excluding steroid dienone is 2. The van der Waals surface area contributed by atoms with Crippen LogP contribution >= 0.6 is 0 Å². The minimum Gasteiger partial charge on any atom is -0.356 e. The van der Waals surface area contributed by atoms with Gasteiger partial charge in [-0.1, -0.05) is 19.1 Å². The lowest BCUT2D eigenvalue weighted by atomic mass is 9.85. The van der Waals surface area contributed by atoms with Gasteiger partial charge in [-0.15, -0.1) is 10.2 Å².